The summed E-state index contributed by atoms with van der Waals surface area (Å²) in [5.74, 6) is 0.787. The first-order valence-corrected chi connectivity index (χ1v) is 5.60. The van der Waals surface area contributed by atoms with Gasteiger partial charge in [-0.2, -0.15) is 4.98 Å². The molecular formula is C10H18N4O. The van der Waals surface area contributed by atoms with Gasteiger partial charge < -0.3 is 9.84 Å². The van der Waals surface area contributed by atoms with Crippen LogP contribution in [-0.2, 0) is 6.54 Å². The molecule has 1 aliphatic heterocycles. The highest BCUT2D eigenvalue weighted by Gasteiger charge is 2.22. The maximum absolute atomic E-state index is 4.75. The van der Waals surface area contributed by atoms with Crippen LogP contribution in [-0.4, -0.2) is 40.7 Å². The first-order chi connectivity index (χ1) is 7.40. The maximum atomic E-state index is 4.75. The second-order valence-corrected chi connectivity index (χ2v) is 3.96. The summed E-state index contributed by atoms with van der Waals surface area (Å²) in [7, 11) is 0. The van der Waals surface area contributed by atoms with Crippen molar-refractivity contribution in [3.63, 3.8) is 0 Å². The molecule has 15 heavy (non-hydrogen) atoms. The van der Waals surface area contributed by atoms with Crippen LogP contribution in [0.1, 0.15) is 25.6 Å². The molecule has 1 aliphatic rings. The topological polar surface area (TPSA) is 54.2 Å². The molecule has 1 unspecified atom stereocenters. The quantitative estimate of drug-likeness (QED) is 0.773. The lowest BCUT2D eigenvalue weighted by atomic mass is 10.2. The highest BCUT2D eigenvalue weighted by atomic mass is 16.5. The van der Waals surface area contributed by atoms with E-state index in [1.165, 1.54) is 12.8 Å². The van der Waals surface area contributed by atoms with Crippen LogP contribution in [0.2, 0.25) is 0 Å². The Morgan fingerprint density at radius 2 is 2.60 bits per heavy atom. The van der Waals surface area contributed by atoms with Crippen molar-refractivity contribution in [1.82, 2.24) is 20.4 Å². The summed E-state index contributed by atoms with van der Waals surface area (Å²) < 4.78 is 4.75. The van der Waals surface area contributed by atoms with E-state index < -0.39 is 0 Å². The van der Waals surface area contributed by atoms with Gasteiger partial charge >= 0.3 is 0 Å². The molecule has 2 rings (SSSR count). The van der Waals surface area contributed by atoms with Gasteiger partial charge in [0.25, 0.3) is 0 Å². The number of aromatic nitrogens is 2. The zero-order valence-electron chi connectivity index (χ0n) is 9.15. The Morgan fingerprint density at radius 3 is 3.20 bits per heavy atom. The SMILES string of the molecule is CCCN(Cc1ncon1)C1CCNC1. The van der Waals surface area contributed by atoms with Crippen molar-refractivity contribution >= 4 is 0 Å². The van der Waals surface area contributed by atoms with Gasteiger partial charge in [0.05, 0.1) is 6.54 Å². The molecule has 0 amide bonds. The summed E-state index contributed by atoms with van der Waals surface area (Å²) in [6, 6.07) is 0.628. The largest absolute Gasteiger partial charge is 0.343 e. The summed E-state index contributed by atoms with van der Waals surface area (Å²) >= 11 is 0. The van der Waals surface area contributed by atoms with Crippen LogP contribution in [0.5, 0.6) is 0 Å². The first-order valence-electron chi connectivity index (χ1n) is 5.60. The molecule has 1 saturated heterocycles. The monoisotopic (exact) mass is 210 g/mol. The third-order valence-electron chi connectivity index (χ3n) is 2.81. The zero-order valence-corrected chi connectivity index (χ0v) is 9.15. The second-order valence-electron chi connectivity index (χ2n) is 3.96. The molecule has 0 spiro atoms. The fourth-order valence-electron chi connectivity index (χ4n) is 2.07. The van der Waals surface area contributed by atoms with Gasteiger partial charge in [-0.15, -0.1) is 0 Å². The van der Waals surface area contributed by atoms with Crippen molar-refractivity contribution in [2.45, 2.75) is 32.4 Å². The van der Waals surface area contributed by atoms with Crippen molar-refractivity contribution in [3.8, 4) is 0 Å². The lowest BCUT2D eigenvalue weighted by Gasteiger charge is -2.26. The van der Waals surface area contributed by atoms with E-state index in [0.717, 1.165) is 38.4 Å². The van der Waals surface area contributed by atoms with E-state index in [0.29, 0.717) is 6.04 Å². The standard InChI is InChI=1S/C10H18N4O/c1-2-5-14(9-3-4-11-6-9)7-10-12-8-15-13-10/h8-9,11H,2-7H2,1H3. The number of nitrogens with zero attached hydrogens (tertiary/aromatic N) is 3. The van der Waals surface area contributed by atoms with Crippen LogP contribution in [0, 0.1) is 0 Å². The number of hydrogen-bond donors (Lipinski definition) is 1. The van der Waals surface area contributed by atoms with E-state index in [4.69, 9.17) is 4.52 Å². The van der Waals surface area contributed by atoms with Crippen LogP contribution in [0.3, 0.4) is 0 Å². The molecule has 0 aliphatic carbocycles. The molecule has 1 aromatic heterocycles. The third kappa shape index (κ3) is 2.76. The minimum atomic E-state index is 0.628. The lowest BCUT2D eigenvalue weighted by molar-refractivity contribution is 0.192. The molecule has 0 radical (unpaired) electrons. The minimum Gasteiger partial charge on any atom is -0.343 e. The molecular weight excluding hydrogens is 192 g/mol. The van der Waals surface area contributed by atoms with E-state index in [9.17, 15) is 0 Å². The Hall–Kier alpha value is -0.940. The first kappa shape index (κ1) is 10.6. The van der Waals surface area contributed by atoms with Crippen molar-refractivity contribution < 1.29 is 4.52 Å². The third-order valence-corrected chi connectivity index (χ3v) is 2.81. The van der Waals surface area contributed by atoms with Gasteiger partial charge in [-0.1, -0.05) is 12.1 Å². The molecule has 0 bridgehead atoms. The van der Waals surface area contributed by atoms with Crippen LogP contribution in [0.15, 0.2) is 10.9 Å². The lowest BCUT2D eigenvalue weighted by Crippen LogP contribution is -2.37. The van der Waals surface area contributed by atoms with E-state index in [-0.39, 0.29) is 0 Å². The fourth-order valence-corrected chi connectivity index (χ4v) is 2.07. The zero-order chi connectivity index (χ0) is 10.5. The Labute approximate surface area is 89.8 Å². The van der Waals surface area contributed by atoms with Gasteiger partial charge in [-0.25, -0.2) is 0 Å². The van der Waals surface area contributed by atoms with Gasteiger partial charge in [-0.3, -0.25) is 4.90 Å². The highest BCUT2D eigenvalue weighted by molar-refractivity contribution is 4.85. The van der Waals surface area contributed by atoms with E-state index in [2.05, 4.69) is 27.3 Å². The normalized spacial score (nSPS) is 21.3. The van der Waals surface area contributed by atoms with Crippen LogP contribution >= 0.6 is 0 Å². The average Bonchev–Trinajstić information content (AvgIpc) is 2.89. The molecule has 5 heteroatoms. The smallest absolute Gasteiger partial charge is 0.213 e. The predicted octanol–water partition coefficient (Wildman–Crippen LogP) is 0.643. The Morgan fingerprint density at radius 1 is 1.67 bits per heavy atom. The van der Waals surface area contributed by atoms with Gasteiger partial charge in [0.2, 0.25) is 6.39 Å². The number of hydrogen-bond acceptors (Lipinski definition) is 5. The van der Waals surface area contributed by atoms with Crippen molar-refractivity contribution in [1.29, 1.82) is 0 Å². The van der Waals surface area contributed by atoms with Crippen molar-refractivity contribution in [2.24, 2.45) is 0 Å². The second kappa shape index (κ2) is 5.23. The average molecular weight is 210 g/mol. The minimum absolute atomic E-state index is 0.628. The van der Waals surface area contributed by atoms with E-state index in [1.54, 1.807) is 0 Å². The molecule has 0 aromatic carbocycles. The summed E-state index contributed by atoms with van der Waals surface area (Å²) in [5.41, 5.74) is 0. The van der Waals surface area contributed by atoms with Gasteiger partial charge in [0.1, 0.15) is 0 Å². The fraction of sp³-hybridized carbons (Fsp3) is 0.800. The van der Waals surface area contributed by atoms with Crippen molar-refractivity contribution in [2.75, 3.05) is 19.6 Å². The molecule has 1 N–H and O–H groups in total. The molecule has 2 heterocycles. The molecule has 84 valence electrons. The Bertz CT molecular complexity index is 269. The molecule has 5 nitrogen and oxygen atoms in total. The number of nitrogens with one attached hydrogen (secondary N) is 1. The number of rotatable bonds is 5. The summed E-state index contributed by atoms with van der Waals surface area (Å²) in [6.45, 7) is 6.30. The maximum Gasteiger partial charge on any atom is 0.213 e. The summed E-state index contributed by atoms with van der Waals surface area (Å²) in [4.78, 5) is 6.51. The van der Waals surface area contributed by atoms with E-state index in [1.807, 2.05) is 0 Å². The van der Waals surface area contributed by atoms with Crippen LogP contribution in [0.4, 0.5) is 0 Å². The predicted molar refractivity (Wildman–Crippen MR) is 56.3 cm³/mol. The van der Waals surface area contributed by atoms with Crippen LogP contribution in [0.25, 0.3) is 0 Å². The molecule has 0 saturated carbocycles. The Balaban J connectivity index is 1.93. The summed E-state index contributed by atoms with van der Waals surface area (Å²) in [6.07, 6.45) is 3.78. The van der Waals surface area contributed by atoms with Gasteiger partial charge in [0, 0.05) is 12.6 Å². The highest BCUT2D eigenvalue weighted by Crippen LogP contribution is 2.11. The Kier molecular flexibility index (Phi) is 3.69. The van der Waals surface area contributed by atoms with Gasteiger partial charge in [0.15, 0.2) is 5.82 Å². The van der Waals surface area contributed by atoms with Gasteiger partial charge in [-0.05, 0) is 25.9 Å². The molecule has 1 aromatic rings. The molecule has 1 fully saturated rings. The van der Waals surface area contributed by atoms with Crippen molar-refractivity contribution in [3.05, 3.63) is 12.2 Å². The van der Waals surface area contributed by atoms with E-state index >= 15 is 0 Å². The molecule has 1 atom stereocenters. The summed E-state index contributed by atoms with van der Waals surface area (Å²) in [5, 5.41) is 7.25. The van der Waals surface area contributed by atoms with Crippen LogP contribution < -0.4 is 5.32 Å².